The Labute approximate surface area is 123 Å². The lowest BCUT2D eigenvalue weighted by Gasteiger charge is -2.19. The first-order valence-electron chi connectivity index (χ1n) is 5.78. The summed E-state index contributed by atoms with van der Waals surface area (Å²) in [6.45, 7) is 1.13. The first-order valence-corrected chi connectivity index (χ1v) is 8.77. The van der Waals surface area contributed by atoms with E-state index in [0.717, 1.165) is 10.4 Å². The Hall–Kier alpha value is -1.49. The number of rotatable bonds is 6. The summed E-state index contributed by atoms with van der Waals surface area (Å²) >= 11 is 0. The lowest BCUT2D eigenvalue weighted by molar-refractivity contribution is -0.141. The number of carboxylic acids is 1. The fraction of sp³-hybridized carbons (Fsp3) is 0.364. The summed E-state index contributed by atoms with van der Waals surface area (Å²) in [6, 6.07) is 4.58. The molecule has 0 aromatic heterocycles. The van der Waals surface area contributed by atoms with Gasteiger partial charge < -0.3 is 5.11 Å². The van der Waals surface area contributed by atoms with Crippen molar-refractivity contribution in [3.05, 3.63) is 24.3 Å². The van der Waals surface area contributed by atoms with E-state index in [1.165, 1.54) is 32.2 Å². The Morgan fingerprint density at radius 3 is 2.29 bits per heavy atom. The smallest absolute Gasteiger partial charge is 0.307 e. The molecule has 8 nitrogen and oxygen atoms in total. The fourth-order valence-corrected chi connectivity index (χ4v) is 3.49. The van der Waals surface area contributed by atoms with Crippen molar-refractivity contribution in [3.63, 3.8) is 0 Å². The normalized spacial score (nSPS) is 14.1. The van der Waals surface area contributed by atoms with Crippen LogP contribution < -0.4 is 5.14 Å². The number of aliphatic carboxylic acids is 1. The Morgan fingerprint density at radius 2 is 1.81 bits per heavy atom. The molecular formula is C11H16N2O6S2. The van der Waals surface area contributed by atoms with Gasteiger partial charge in [0.25, 0.3) is 0 Å². The summed E-state index contributed by atoms with van der Waals surface area (Å²) < 4.78 is 47.9. The van der Waals surface area contributed by atoms with Gasteiger partial charge in [0, 0.05) is 13.6 Å². The fourth-order valence-electron chi connectivity index (χ4n) is 1.55. The number of carboxylic acid groups (broad SMARTS) is 1. The third-order valence-corrected chi connectivity index (χ3v) is 5.53. The average molecular weight is 336 g/mol. The van der Waals surface area contributed by atoms with Gasteiger partial charge >= 0.3 is 5.97 Å². The standard InChI is InChI=1S/C11H16N2O6S2/c1-8(11(14)15)7-13(2)21(18,19)10-5-3-4-9(6-10)20(12,16)17/h3-6,8H,7H2,1-2H3,(H,14,15)(H2,12,16,17). The van der Waals surface area contributed by atoms with Gasteiger partial charge in [-0.25, -0.2) is 26.3 Å². The number of primary sulfonamides is 1. The monoisotopic (exact) mass is 336 g/mol. The van der Waals surface area contributed by atoms with Gasteiger partial charge in [0.05, 0.1) is 15.7 Å². The van der Waals surface area contributed by atoms with Crippen molar-refractivity contribution in [1.82, 2.24) is 4.31 Å². The van der Waals surface area contributed by atoms with E-state index in [1.54, 1.807) is 0 Å². The molecule has 0 aliphatic rings. The Bertz CT molecular complexity index is 742. The number of hydrogen-bond donors (Lipinski definition) is 2. The topological polar surface area (TPSA) is 135 Å². The van der Waals surface area contributed by atoms with Gasteiger partial charge in [-0.3, -0.25) is 4.79 Å². The zero-order valence-corrected chi connectivity index (χ0v) is 13.1. The van der Waals surface area contributed by atoms with Gasteiger partial charge in [-0.15, -0.1) is 0 Å². The quantitative estimate of drug-likeness (QED) is 0.730. The van der Waals surface area contributed by atoms with Gasteiger partial charge in [0.15, 0.2) is 0 Å². The maximum absolute atomic E-state index is 12.3. The van der Waals surface area contributed by atoms with Crippen LogP contribution in [0.15, 0.2) is 34.1 Å². The summed E-state index contributed by atoms with van der Waals surface area (Å²) in [4.78, 5) is 10.2. The van der Waals surface area contributed by atoms with Crippen molar-refractivity contribution >= 4 is 26.0 Å². The SMILES string of the molecule is CC(CN(C)S(=O)(=O)c1cccc(S(N)(=O)=O)c1)C(=O)O. The first-order chi connectivity index (χ1) is 9.46. The molecule has 1 rings (SSSR count). The van der Waals surface area contributed by atoms with E-state index >= 15 is 0 Å². The Balaban J connectivity index is 3.17. The molecule has 21 heavy (non-hydrogen) atoms. The molecule has 1 aromatic carbocycles. The molecule has 0 aliphatic carbocycles. The minimum atomic E-state index is -4.02. The van der Waals surface area contributed by atoms with Crippen LogP contribution in [0.3, 0.4) is 0 Å². The van der Waals surface area contributed by atoms with Gasteiger partial charge in [-0.2, -0.15) is 0 Å². The van der Waals surface area contributed by atoms with Crippen molar-refractivity contribution in [3.8, 4) is 0 Å². The summed E-state index contributed by atoms with van der Waals surface area (Å²) in [6.07, 6.45) is 0. The molecule has 10 heteroatoms. The molecular weight excluding hydrogens is 320 g/mol. The van der Waals surface area contributed by atoms with Crippen LogP contribution in [0.2, 0.25) is 0 Å². The second kappa shape index (κ2) is 6.10. The lowest BCUT2D eigenvalue weighted by Crippen LogP contribution is -2.33. The molecule has 1 unspecified atom stereocenters. The van der Waals surface area contributed by atoms with Crippen LogP contribution in [0, 0.1) is 5.92 Å². The van der Waals surface area contributed by atoms with Gasteiger partial charge in [-0.1, -0.05) is 13.0 Å². The van der Waals surface area contributed by atoms with E-state index in [0.29, 0.717) is 0 Å². The third-order valence-electron chi connectivity index (χ3n) is 2.79. The van der Waals surface area contributed by atoms with Crippen LogP contribution in [-0.2, 0) is 24.8 Å². The van der Waals surface area contributed by atoms with E-state index in [1.807, 2.05) is 0 Å². The predicted octanol–water partition coefficient (Wildman–Crippen LogP) is -0.325. The third kappa shape index (κ3) is 4.24. The van der Waals surface area contributed by atoms with E-state index in [2.05, 4.69) is 0 Å². The predicted molar refractivity (Wildman–Crippen MR) is 74.4 cm³/mol. The van der Waals surface area contributed by atoms with Crippen molar-refractivity contribution in [2.45, 2.75) is 16.7 Å². The maximum atomic E-state index is 12.3. The largest absolute Gasteiger partial charge is 0.481 e. The highest BCUT2D eigenvalue weighted by Gasteiger charge is 2.25. The van der Waals surface area contributed by atoms with Crippen LogP contribution in [0.1, 0.15) is 6.92 Å². The van der Waals surface area contributed by atoms with Crippen molar-refractivity contribution < 1.29 is 26.7 Å². The van der Waals surface area contributed by atoms with Crippen molar-refractivity contribution in [2.24, 2.45) is 11.1 Å². The number of sulfonamides is 2. The second-order valence-corrected chi connectivity index (χ2v) is 8.15. The number of carbonyl (C=O) groups is 1. The van der Waals surface area contributed by atoms with Crippen LogP contribution in [0.5, 0.6) is 0 Å². The zero-order chi connectivity index (χ0) is 16.4. The molecule has 118 valence electrons. The van der Waals surface area contributed by atoms with E-state index < -0.39 is 31.9 Å². The summed E-state index contributed by atoms with van der Waals surface area (Å²) in [5, 5.41) is 13.8. The Kier molecular flexibility index (Phi) is 5.10. The summed E-state index contributed by atoms with van der Waals surface area (Å²) in [7, 11) is -6.80. The number of nitrogens with two attached hydrogens (primary N) is 1. The molecule has 0 bridgehead atoms. The van der Waals surface area contributed by atoms with Gasteiger partial charge in [0.1, 0.15) is 0 Å². The van der Waals surface area contributed by atoms with Gasteiger partial charge in [0.2, 0.25) is 20.0 Å². The number of hydrogen-bond acceptors (Lipinski definition) is 5. The molecule has 1 aromatic rings. The van der Waals surface area contributed by atoms with E-state index in [9.17, 15) is 21.6 Å². The molecule has 0 saturated carbocycles. The zero-order valence-electron chi connectivity index (χ0n) is 11.4. The second-order valence-electron chi connectivity index (χ2n) is 4.54. The van der Waals surface area contributed by atoms with Crippen LogP contribution in [0.25, 0.3) is 0 Å². The van der Waals surface area contributed by atoms with Crippen LogP contribution >= 0.6 is 0 Å². The molecule has 0 heterocycles. The molecule has 3 N–H and O–H groups in total. The van der Waals surface area contributed by atoms with E-state index in [-0.39, 0.29) is 16.3 Å². The average Bonchev–Trinajstić information content (AvgIpc) is 2.37. The van der Waals surface area contributed by atoms with Crippen LogP contribution in [-0.4, -0.2) is 45.8 Å². The van der Waals surface area contributed by atoms with Gasteiger partial charge in [-0.05, 0) is 18.2 Å². The highest BCUT2D eigenvalue weighted by Crippen LogP contribution is 2.19. The first kappa shape index (κ1) is 17.6. The molecule has 0 saturated heterocycles. The highest BCUT2D eigenvalue weighted by molar-refractivity contribution is 7.90. The van der Waals surface area contributed by atoms with Crippen LogP contribution in [0.4, 0.5) is 0 Å². The van der Waals surface area contributed by atoms with E-state index in [4.69, 9.17) is 10.2 Å². The molecule has 0 spiro atoms. The minimum Gasteiger partial charge on any atom is -0.481 e. The lowest BCUT2D eigenvalue weighted by atomic mass is 10.2. The molecule has 0 radical (unpaired) electrons. The Morgan fingerprint density at radius 1 is 1.29 bits per heavy atom. The molecule has 1 atom stereocenters. The van der Waals surface area contributed by atoms with Crippen molar-refractivity contribution in [2.75, 3.05) is 13.6 Å². The summed E-state index contributed by atoms with van der Waals surface area (Å²) in [5.74, 6) is -2.03. The summed E-state index contributed by atoms with van der Waals surface area (Å²) in [5.41, 5.74) is 0. The number of benzene rings is 1. The number of nitrogens with zero attached hydrogens (tertiary/aromatic N) is 1. The minimum absolute atomic E-state index is 0.239. The molecule has 0 aliphatic heterocycles. The molecule has 0 amide bonds. The molecule has 0 fully saturated rings. The highest BCUT2D eigenvalue weighted by atomic mass is 32.2. The van der Waals surface area contributed by atoms with Crippen molar-refractivity contribution in [1.29, 1.82) is 0 Å². The maximum Gasteiger partial charge on any atom is 0.307 e.